The predicted molar refractivity (Wildman–Crippen MR) is 57.7 cm³/mol. The Kier molecular flexibility index (Phi) is 2.49. The van der Waals surface area contributed by atoms with Crippen molar-refractivity contribution in [2.75, 3.05) is 5.73 Å². The number of nitrogen functional groups attached to an aromatic ring is 1. The molecule has 4 heteroatoms. The number of nitrogens with two attached hydrogens (primary N) is 1. The van der Waals surface area contributed by atoms with E-state index in [2.05, 4.69) is 9.97 Å². The Morgan fingerprint density at radius 2 is 2.13 bits per heavy atom. The fourth-order valence-electron chi connectivity index (χ4n) is 1.19. The molecule has 0 amide bonds. The maximum Gasteiger partial charge on any atom is 0.237 e. The van der Waals surface area contributed by atoms with Gasteiger partial charge in [0.1, 0.15) is 5.75 Å². The second-order valence-electron chi connectivity index (χ2n) is 3.12. The SMILES string of the molecule is Cc1c(N)cccc1Oc1cnccn1. The number of hydrogen-bond donors (Lipinski definition) is 1. The molecular weight excluding hydrogens is 190 g/mol. The molecule has 0 fully saturated rings. The van der Waals surface area contributed by atoms with Crippen LogP contribution in [0.15, 0.2) is 36.8 Å². The summed E-state index contributed by atoms with van der Waals surface area (Å²) in [5.41, 5.74) is 7.37. The average Bonchev–Trinajstić information content (AvgIpc) is 2.26. The molecule has 1 aromatic carbocycles. The van der Waals surface area contributed by atoms with Crippen molar-refractivity contribution in [2.24, 2.45) is 0 Å². The summed E-state index contributed by atoms with van der Waals surface area (Å²) in [7, 11) is 0. The zero-order chi connectivity index (χ0) is 10.7. The summed E-state index contributed by atoms with van der Waals surface area (Å²) >= 11 is 0. The van der Waals surface area contributed by atoms with Crippen molar-refractivity contribution >= 4 is 5.69 Å². The lowest BCUT2D eigenvalue weighted by Crippen LogP contribution is -1.94. The van der Waals surface area contributed by atoms with Crippen LogP contribution >= 0.6 is 0 Å². The monoisotopic (exact) mass is 201 g/mol. The first-order valence-corrected chi connectivity index (χ1v) is 4.56. The van der Waals surface area contributed by atoms with Crippen LogP contribution in [-0.2, 0) is 0 Å². The van der Waals surface area contributed by atoms with E-state index in [1.807, 2.05) is 25.1 Å². The first-order chi connectivity index (χ1) is 7.27. The molecular formula is C11H11N3O. The fraction of sp³-hybridized carbons (Fsp3) is 0.0909. The smallest absolute Gasteiger partial charge is 0.237 e. The molecule has 0 bridgehead atoms. The van der Waals surface area contributed by atoms with Gasteiger partial charge in [0.05, 0.1) is 6.20 Å². The van der Waals surface area contributed by atoms with Crippen LogP contribution in [0.5, 0.6) is 11.6 Å². The summed E-state index contributed by atoms with van der Waals surface area (Å²) < 4.78 is 5.54. The van der Waals surface area contributed by atoms with Gasteiger partial charge in [0.15, 0.2) is 0 Å². The minimum absolute atomic E-state index is 0.464. The number of aromatic nitrogens is 2. The van der Waals surface area contributed by atoms with E-state index in [1.165, 1.54) is 0 Å². The van der Waals surface area contributed by atoms with Gasteiger partial charge in [-0.05, 0) is 19.1 Å². The van der Waals surface area contributed by atoms with E-state index in [9.17, 15) is 0 Å². The highest BCUT2D eigenvalue weighted by molar-refractivity contribution is 5.53. The van der Waals surface area contributed by atoms with Gasteiger partial charge >= 0.3 is 0 Å². The van der Waals surface area contributed by atoms with Crippen LogP contribution in [-0.4, -0.2) is 9.97 Å². The molecule has 0 aliphatic carbocycles. The lowest BCUT2D eigenvalue weighted by molar-refractivity contribution is 0.457. The molecule has 2 rings (SSSR count). The van der Waals surface area contributed by atoms with Gasteiger partial charge in [-0.2, -0.15) is 0 Å². The van der Waals surface area contributed by atoms with Crippen molar-refractivity contribution in [3.05, 3.63) is 42.4 Å². The molecule has 1 aromatic heterocycles. The molecule has 76 valence electrons. The fourth-order valence-corrected chi connectivity index (χ4v) is 1.19. The highest BCUT2D eigenvalue weighted by atomic mass is 16.5. The molecule has 2 aromatic rings. The molecule has 0 saturated heterocycles. The molecule has 0 aliphatic heterocycles. The van der Waals surface area contributed by atoms with Crippen LogP contribution in [0.4, 0.5) is 5.69 Å². The van der Waals surface area contributed by atoms with Crippen molar-refractivity contribution in [1.29, 1.82) is 0 Å². The number of rotatable bonds is 2. The van der Waals surface area contributed by atoms with Gasteiger partial charge in [-0.1, -0.05) is 6.07 Å². The third-order valence-corrected chi connectivity index (χ3v) is 2.08. The van der Waals surface area contributed by atoms with E-state index in [-0.39, 0.29) is 0 Å². The van der Waals surface area contributed by atoms with Crippen molar-refractivity contribution in [3.8, 4) is 11.6 Å². The Labute approximate surface area is 87.7 Å². The predicted octanol–water partition coefficient (Wildman–Crippen LogP) is 2.16. The Hall–Kier alpha value is -2.10. The highest BCUT2D eigenvalue weighted by Crippen LogP contribution is 2.26. The number of anilines is 1. The molecule has 0 saturated carbocycles. The minimum Gasteiger partial charge on any atom is -0.437 e. The van der Waals surface area contributed by atoms with Crippen molar-refractivity contribution in [3.63, 3.8) is 0 Å². The first-order valence-electron chi connectivity index (χ1n) is 4.56. The maximum atomic E-state index is 5.76. The minimum atomic E-state index is 0.464. The van der Waals surface area contributed by atoms with E-state index in [0.717, 1.165) is 5.56 Å². The Morgan fingerprint density at radius 3 is 2.87 bits per heavy atom. The van der Waals surface area contributed by atoms with E-state index >= 15 is 0 Å². The Balaban J connectivity index is 2.29. The summed E-state index contributed by atoms with van der Waals surface area (Å²) in [6.45, 7) is 1.90. The standard InChI is InChI=1S/C11H11N3O/c1-8-9(12)3-2-4-10(8)15-11-7-13-5-6-14-11/h2-7H,12H2,1H3. The zero-order valence-corrected chi connectivity index (χ0v) is 8.34. The van der Waals surface area contributed by atoms with Crippen LogP contribution in [0.25, 0.3) is 0 Å². The van der Waals surface area contributed by atoms with Crippen LogP contribution in [0.1, 0.15) is 5.56 Å². The summed E-state index contributed by atoms with van der Waals surface area (Å²) in [6, 6.07) is 5.52. The summed E-state index contributed by atoms with van der Waals surface area (Å²) in [5.74, 6) is 1.17. The molecule has 2 N–H and O–H groups in total. The lowest BCUT2D eigenvalue weighted by atomic mass is 10.2. The van der Waals surface area contributed by atoms with Crippen LogP contribution in [0.2, 0.25) is 0 Å². The molecule has 0 spiro atoms. The van der Waals surface area contributed by atoms with E-state index in [1.54, 1.807) is 18.6 Å². The molecule has 0 aliphatic rings. The number of benzene rings is 1. The molecule has 15 heavy (non-hydrogen) atoms. The number of nitrogens with zero attached hydrogens (tertiary/aromatic N) is 2. The number of hydrogen-bond acceptors (Lipinski definition) is 4. The van der Waals surface area contributed by atoms with Crippen LogP contribution in [0.3, 0.4) is 0 Å². The van der Waals surface area contributed by atoms with Gasteiger partial charge in [0.25, 0.3) is 0 Å². The molecule has 0 unspecified atom stereocenters. The quantitative estimate of drug-likeness (QED) is 0.756. The van der Waals surface area contributed by atoms with Gasteiger partial charge in [0, 0.05) is 23.6 Å². The molecule has 4 nitrogen and oxygen atoms in total. The zero-order valence-electron chi connectivity index (χ0n) is 8.34. The molecule has 0 atom stereocenters. The van der Waals surface area contributed by atoms with Gasteiger partial charge < -0.3 is 10.5 Å². The van der Waals surface area contributed by atoms with Gasteiger partial charge in [-0.15, -0.1) is 0 Å². The van der Waals surface area contributed by atoms with Gasteiger partial charge in [0.2, 0.25) is 5.88 Å². The largest absolute Gasteiger partial charge is 0.437 e. The number of ether oxygens (including phenoxy) is 1. The lowest BCUT2D eigenvalue weighted by Gasteiger charge is -2.08. The first kappa shape index (κ1) is 9.45. The third kappa shape index (κ3) is 2.04. The van der Waals surface area contributed by atoms with Gasteiger partial charge in [-0.3, -0.25) is 4.98 Å². The summed E-state index contributed by atoms with van der Waals surface area (Å²) in [5, 5.41) is 0. The highest BCUT2D eigenvalue weighted by Gasteiger charge is 2.03. The topological polar surface area (TPSA) is 61.0 Å². The average molecular weight is 201 g/mol. The van der Waals surface area contributed by atoms with Gasteiger partial charge in [-0.25, -0.2) is 4.98 Å². The Morgan fingerprint density at radius 1 is 1.27 bits per heavy atom. The van der Waals surface area contributed by atoms with E-state index in [0.29, 0.717) is 17.3 Å². The summed E-state index contributed by atoms with van der Waals surface area (Å²) in [6.07, 6.45) is 4.73. The second-order valence-corrected chi connectivity index (χ2v) is 3.12. The normalized spacial score (nSPS) is 9.93. The van der Waals surface area contributed by atoms with E-state index < -0.39 is 0 Å². The van der Waals surface area contributed by atoms with Crippen molar-refractivity contribution < 1.29 is 4.74 Å². The van der Waals surface area contributed by atoms with E-state index in [4.69, 9.17) is 10.5 Å². The maximum absolute atomic E-state index is 5.76. The molecule has 1 heterocycles. The second kappa shape index (κ2) is 3.96. The Bertz CT molecular complexity index is 457. The van der Waals surface area contributed by atoms with Crippen LogP contribution in [0, 0.1) is 6.92 Å². The van der Waals surface area contributed by atoms with Crippen LogP contribution < -0.4 is 10.5 Å². The third-order valence-electron chi connectivity index (χ3n) is 2.08. The molecule has 0 radical (unpaired) electrons. The van der Waals surface area contributed by atoms with Crippen molar-refractivity contribution in [1.82, 2.24) is 9.97 Å². The summed E-state index contributed by atoms with van der Waals surface area (Å²) in [4.78, 5) is 7.93. The van der Waals surface area contributed by atoms with Crippen molar-refractivity contribution in [2.45, 2.75) is 6.92 Å².